The van der Waals surface area contributed by atoms with Gasteiger partial charge in [0.1, 0.15) is 0 Å². The van der Waals surface area contributed by atoms with E-state index in [1.54, 1.807) is 18.6 Å². The minimum Gasteiger partial charge on any atom is -0.368 e. The largest absolute Gasteiger partial charge is 0.368 e. The van der Waals surface area contributed by atoms with E-state index in [1.807, 2.05) is 18.2 Å². The topological polar surface area (TPSA) is 119 Å². The molecule has 0 unspecified atom stereocenters. The van der Waals surface area contributed by atoms with Crippen LogP contribution in [0.2, 0.25) is 0 Å². The Bertz CT molecular complexity index is 1370. The van der Waals surface area contributed by atoms with E-state index in [1.165, 1.54) is 5.56 Å². The molecular formula is C23H19N7O. The van der Waals surface area contributed by atoms with E-state index in [4.69, 9.17) is 15.2 Å². The van der Waals surface area contributed by atoms with E-state index in [2.05, 4.69) is 49.6 Å². The van der Waals surface area contributed by atoms with Gasteiger partial charge in [0.2, 0.25) is 5.95 Å². The van der Waals surface area contributed by atoms with Gasteiger partial charge in [0.05, 0.1) is 17.1 Å². The minimum absolute atomic E-state index is 0.211. The quantitative estimate of drug-likeness (QED) is 0.458. The van der Waals surface area contributed by atoms with Gasteiger partial charge in [-0.3, -0.25) is 5.10 Å². The van der Waals surface area contributed by atoms with Gasteiger partial charge in [0, 0.05) is 28.9 Å². The Morgan fingerprint density at radius 2 is 1.68 bits per heavy atom. The zero-order valence-electron chi connectivity index (χ0n) is 16.6. The summed E-state index contributed by atoms with van der Waals surface area (Å²) in [5.74, 6) is 1.54. The summed E-state index contributed by atoms with van der Waals surface area (Å²) in [7, 11) is 0. The van der Waals surface area contributed by atoms with Crippen molar-refractivity contribution in [3.8, 4) is 22.6 Å². The molecule has 0 aliphatic heterocycles. The van der Waals surface area contributed by atoms with E-state index in [-0.39, 0.29) is 11.4 Å². The number of benzene rings is 2. The highest BCUT2D eigenvalue weighted by Crippen LogP contribution is 2.48. The fourth-order valence-electron chi connectivity index (χ4n) is 4.25. The second kappa shape index (κ2) is 6.73. The van der Waals surface area contributed by atoms with Crippen molar-refractivity contribution in [3.05, 3.63) is 72.4 Å². The van der Waals surface area contributed by atoms with E-state index >= 15 is 0 Å². The number of H-pyrrole nitrogens is 1. The van der Waals surface area contributed by atoms with Gasteiger partial charge in [0.25, 0.3) is 5.89 Å². The van der Waals surface area contributed by atoms with Crippen molar-refractivity contribution in [1.29, 1.82) is 0 Å². The predicted molar refractivity (Wildman–Crippen MR) is 116 cm³/mol. The summed E-state index contributed by atoms with van der Waals surface area (Å²) in [5.41, 5.74) is 10.4. The van der Waals surface area contributed by atoms with E-state index in [0.29, 0.717) is 5.89 Å². The third kappa shape index (κ3) is 2.87. The van der Waals surface area contributed by atoms with Crippen molar-refractivity contribution in [1.82, 2.24) is 30.3 Å². The molecule has 0 radical (unpaired) electrons. The molecule has 1 aliphatic rings. The summed E-state index contributed by atoms with van der Waals surface area (Å²) in [6, 6.07) is 14.4. The highest BCUT2D eigenvalue weighted by atomic mass is 16.5. The van der Waals surface area contributed by atoms with E-state index < -0.39 is 0 Å². The van der Waals surface area contributed by atoms with Crippen LogP contribution in [-0.4, -0.2) is 30.3 Å². The Labute approximate surface area is 177 Å². The standard InChI is InChI=1S/C23H19N7O/c24-22-25-11-17(12-26-22)14-2-5-18(6-3-14)23(8-1-9-23)21-28-20(31-30-21)15-4-7-19-16(10-15)13-27-29-19/h2-7,10-13H,1,8-9H2,(H,27,29)(H2,24,25,26). The number of nitrogen functional groups attached to an aromatic ring is 1. The molecule has 8 heteroatoms. The molecule has 1 aliphatic carbocycles. The van der Waals surface area contributed by atoms with Crippen molar-refractivity contribution < 1.29 is 4.52 Å². The lowest BCUT2D eigenvalue weighted by Crippen LogP contribution is -2.36. The summed E-state index contributed by atoms with van der Waals surface area (Å²) >= 11 is 0. The first-order chi connectivity index (χ1) is 15.2. The maximum atomic E-state index is 5.66. The van der Waals surface area contributed by atoms with Crippen LogP contribution in [0.1, 0.15) is 30.7 Å². The van der Waals surface area contributed by atoms with Crippen LogP contribution in [-0.2, 0) is 5.41 Å². The van der Waals surface area contributed by atoms with Crippen LogP contribution in [0.15, 0.2) is 65.6 Å². The first-order valence-electron chi connectivity index (χ1n) is 10.2. The molecule has 0 amide bonds. The third-order valence-corrected chi connectivity index (χ3v) is 6.19. The maximum Gasteiger partial charge on any atom is 0.257 e. The van der Waals surface area contributed by atoms with Crippen molar-refractivity contribution in [2.75, 3.05) is 5.73 Å². The van der Waals surface area contributed by atoms with Gasteiger partial charge < -0.3 is 10.3 Å². The normalized spacial score (nSPS) is 15.1. The number of fused-ring (bicyclic) bond motifs is 1. The number of rotatable bonds is 4. The molecular weight excluding hydrogens is 390 g/mol. The highest BCUT2D eigenvalue weighted by Gasteiger charge is 2.44. The maximum absolute atomic E-state index is 5.66. The lowest BCUT2D eigenvalue weighted by Gasteiger charge is -2.39. The molecule has 0 atom stereocenters. The number of nitrogens with two attached hydrogens (primary N) is 1. The Hall–Kier alpha value is -4.07. The fourth-order valence-corrected chi connectivity index (χ4v) is 4.25. The van der Waals surface area contributed by atoms with Crippen molar-refractivity contribution in [2.24, 2.45) is 0 Å². The number of hydrogen-bond donors (Lipinski definition) is 2. The number of nitrogens with one attached hydrogen (secondary N) is 1. The lowest BCUT2D eigenvalue weighted by atomic mass is 9.64. The van der Waals surface area contributed by atoms with Crippen molar-refractivity contribution in [2.45, 2.75) is 24.7 Å². The van der Waals surface area contributed by atoms with Gasteiger partial charge >= 0.3 is 0 Å². The van der Waals surface area contributed by atoms with Crippen LogP contribution in [0.4, 0.5) is 5.95 Å². The van der Waals surface area contributed by atoms with Gasteiger partial charge in [-0.1, -0.05) is 35.8 Å². The van der Waals surface area contributed by atoms with Crippen LogP contribution < -0.4 is 5.73 Å². The predicted octanol–water partition coefficient (Wildman–Crippen LogP) is 4.12. The zero-order chi connectivity index (χ0) is 20.8. The number of hydrogen-bond acceptors (Lipinski definition) is 7. The van der Waals surface area contributed by atoms with E-state index in [9.17, 15) is 0 Å². The smallest absolute Gasteiger partial charge is 0.257 e. The molecule has 3 N–H and O–H groups in total. The molecule has 5 aromatic rings. The Morgan fingerprint density at radius 1 is 0.903 bits per heavy atom. The van der Waals surface area contributed by atoms with E-state index in [0.717, 1.165) is 52.7 Å². The van der Waals surface area contributed by atoms with Crippen LogP contribution in [0.3, 0.4) is 0 Å². The van der Waals surface area contributed by atoms with Crippen LogP contribution >= 0.6 is 0 Å². The number of anilines is 1. The molecule has 0 spiro atoms. The molecule has 1 saturated carbocycles. The van der Waals surface area contributed by atoms with Crippen LogP contribution in [0, 0.1) is 0 Å². The van der Waals surface area contributed by atoms with Crippen LogP contribution in [0.5, 0.6) is 0 Å². The van der Waals surface area contributed by atoms with Crippen LogP contribution in [0.25, 0.3) is 33.5 Å². The molecule has 152 valence electrons. The summed E-state index contributed by atoms with van der Waals surface area (Å²) in [6.07, 6.45) is 8.39. The molecule has 6 rings (SSSR count). The fraction of sp³-hybridized carbons (Fsp3) is 0.174. The van der Waals surface area contributed by atoms with Gasteiger partial charge in [-0.2, -0.15) is 10.1 Å². The Balaban J connectivity index is 1.33. The van der Waals surface area contributed by atoms with Gasteiger partial charge in [0.15, 0.2) is 5.82 Å². The molecule has 2 aromatic carbocycles. The summed E-state index contributed by atoms with van der Waals surface area (Å²) in [5, 5.41) is 12.4. The average molecular weight is 409 g/mol. The van der Waals surface area contributed by atoms with Gasteiger partial charge in [-0.05, 0) is 42.2 Å². The summed E-state index contributed by atoms with van der Waals surface area (Å²) in [4.78, 5) is 12.9. The zero-order valence-corrected chi connectivity index (χ0v) is 16.6. The summed E-state index contributed by atoms with van der Waals surface area (Å²) in [6.45, 7) is 0. The first kappa shape index (κ1) is 17.8. The number of aromatic nitrogens is 6. The molecule has 0 saturated heterocycles. The molecule has 1 fully saturated rings. The molecule has 8 nitrogen and oxygen atoms in total. The monoisotopic (exact) mass is 409 g/mol. The molecule has 3 heterocycles. The second-order valence-electron chi connectivity index (χ2n) is 7.94. The SMILES string of the molecule is Nc1ncc(-c2ccc(C3(c4noc(-c5ccc6[nH]ncc6c5)n4)CCC3)cc2)cn1. The van der Waals surface area contributed by atoms with Gasteiger partial charge in [-0.25, -0.2) is 9.97 Å². The first-order valence-corrected chi connectivity index (χ1v) is 10.2. The van der Waals surface area contributed by atoms with Crippen molar-refractivity contribution >= 4 is 16.9 Å². The summed E-state index contributed by atoms with van der Waals surface area (Å²) < 4.78 is 5.66. The van der Waals surface area contributed by atoms with Gasteiger partial charge in [-0.15, -0.1) is 0 Å². The van der Waals surface area contributed by atoms with Crippen molar-refractivity contribution in [3.63, 3.8) is 0 Å². The molecule has 31 heavy (non-hydrogen) atoms. The molecule has 0 bridgehead atoms. The molecule has 3 aromatic heterocycles. The Kier molecular flexibility index (Phi) is 3.86. The Morgan fingerprint density at radius 3 is 2.42 bits per heavy atom. The third-order valence-electron chi connectivity index (χ3n) is 6.19. The average Bonchev–Trinajstić information content (AvgIpc) is 3.43. The lowest BCUT2D eigenvalue weighted by molar-refractivity contribution is 0.273. The highest BCUT2D eigenvalue weighted by molar-refractivity contribution is 5.82. The number of nitrogens with zero attached hydrogens (tertiary/aromatic N) is 5. The second-order valence-corrected chi connectivity index (χ2v) is 7.94. The number of aromatic amines is 1. The minimum atomic E-state index is -0.211.